The SMILES string of the molecule is O=C(NC1CC1)[C@@H]1CC(=O)N(c2ccc(Cl)cc2)C1. The summed E-state index contributed by atoms with van der Waals surface area (Å²) in [6, 6.07) is 7.46. The molecule has 100 valence electrons. The molecule has 1 N–H and O–H groups in total. The molecule has 0 radical (unpaired) electrons. The van der Waals surface area contributed by atoms with Crippen LogP contribution in [0.1, 0.15) is 19.3 Å². The van der Waals surface area contributed by atoms with Crippen molar-refractivity contribution in [3.05, 3.63) is 29.3 Å². The Bertz CT molecular complexity index is 511. The van der Waals surface area contributed by atoms with Gasteiger partial charge < -0.3 is 10.2 Å². The first-order valence-corrected chi connectivity index (χ1v) is 6.87. The number of carbonyl (C=O) groups excluding carboxylic acids is 2. The average Bonchev–Trinajstić information content (AvgIpc) is 3.11. The highest BCUT2D eigenvalue weighted by molar-refractivity contribution is 6.30. The van der Waals surface area contributed by atoms with Crippen molar-refractivity contribution >= 4 is 29.1 Å². The number of nitrogens with one attached hydrogen (secondary N) is 1. The van der Waals surface area contributed by atoms with Crippen molar-refractivity contribution in [2.75, 3.05) is 11.4 Å². The van der Waals surface area contributed by atoms with E-state index in [1.165, 1.54) is 0 Å². The Kier molecular flexibility index (Phi) is 3.19. The van der Waals surface area contributed by atoms with Crippen LogP contribution in [0.2, 0.25) is 5.02 Å². The fraction of sp³-hybridized carbons (Fsp3) is 0.429. The van der Waals surface area contributed by atoms with Gasteiger partial charge in [0.1, 0.15) is 0 Å². The Hall–Kier alpha value is -1.55. The van der Waals surface area contributed by atoms with E-state index in [1.807, 2.05) is 0 Å². The Morgan fingerprint density at radius 1 is 1.26 bits per heavy atom. The molecule has 0 bridgehead atoms. The molecule has 2 aliphatic rings. The minimum absolute atomic E-state index is 0.00160. The van der Waals surface area contributed by atoms with Gasteiger partial charge in [-0.05, 0) is 37.1 Å². The Morgan fingerprint density at radius 3 is 2.58 bits per heavy atom. The van der Waals surface area contributed by atoms with Crippen molar-refractivity contribution in [3.8, 4) is 0 Å². The van der Waals surface area contributed by atoms with Crippen molar-refractivity contribution in [1.29, 1.82) is 0 Å². The normalized spacial score (nSPS) is 22.7. The number of carbonyl (C=O) groups is 2. The van der Waals surface area contributed by atoms with Crippen LogP contribution in [0.3, 0.4) is 0 Å². The number of benzene rings is 1. The summed E-state index contributed by atoms with van der Waals surface area (Å²) in [5.74, 6) is -0.227. The van der Waals surface area contributed by atoms with E-state index in [9.17, 15) is 9.59 Å². The number of nitrogens with zero attached hydrogens (tertiary/aromatic N) is 1. The first-order valence-electron chi connectivity index (χ1n) is 6.50. The molecule has 1 saturated carbocycles. The summed E-state index contributed by atoms with van der Waals surface area (Å²) in [5, 5.41) is 3.60. The van der Waals surface area contributed by atoms with E-state index in [0.717, 1.165) is 18.5 Å². The molecular formula is C14H15ClN2O2. The fourth-order valence-electron chi connectivity index (χ4n) is 2.30. The van der Waals surface area contributed by atoms with Crippen LogP contribution in [0, 0.1) is 5.92 Å². The third-order valence-electron chi connectivity index (χ3n) is 3.56. The van der Waals surface area contributed by atoms with Crippen molar-refractivity contribution in [2.24, 2.45) is 5.92 Å². The lowest BCUT2D eigenvalue weighted by Gasteiger charge is -2.16. The van der Waals surface area contributed by atoms with Gasteiger partial charge in [0.2, 0.25) is 11.8 Å². The fourth-order valence-corrected chi connectivity index (χ4v) is 2.43. The lowest BCUT2D eigenvalue weighted by molar-refractivity contribution is -0.126. The number of anilines is 1. The summed E-state index contributed by atoms with van der Waals surface area (Å²) in [6.07, 6.45) is 2.42. The third-order valence-corrected chi connectivity index (χ3v) is 3.81. The predicted molar refractivity (Wildman–Crippen MR) is 73.1 cm³/mol. The molecular weight excluding hydrogens is 264 g/mol. The van der Waals surface area contributed by atoms with Gasteiger partial charge in [-0.25, -0.2) is 0 Å². The van der Waals surface area contributed by atoms with Gasteiger partial charge in [0, 0.05) is 29.7 Å². The molecule has 5 heteroatoms. The summed E-state index contributed by atoms with van der Waals surface area (Å²) in [5.41, 5.74) is 0.802. The van der Waals surface area contributed by atoms with Crippen molar-refractivity contribution < 1.29 is 9.59 Å². The number of hydrogen-bond donors (Lipinski definition) is 1. The van der Waals surface area contributed by atoms with E-state index in [1.54, 1.807) is 29.2 Å². The van der Waals surface area contributed by atoms with Crippen LogP contribution in [0.25, 0.3) is 0 Å². The molecule has 1 aromatic rings. The van der Waals surface area contributed by atoms with Crippen molar-refractivity contribution in [3.63, 3.8) is 0 Å². The van der Waals surface area contributed by atoms with Crippen molar-refractivity contribution in [1.82, 2.24) is 5.32 Å². The quantitative estimate of drug-likeness (QED) is 0.919. The molecule has 0 aromatic heterocycles. The van der Waals surface area contributed by atoms with E-state index < -0.39 is 0 Å². The largest absolute Gasteiger partial charge is 0.353 e. The molecule has 1 saturated heterocycles. The smallest absolute Gasteiger partial charge is 0.227 e. The highest BCUT2D eigenvalue weighted by Crippen LogP contribution is 2.27. The summed E-state index contributed by atoms with van der Waals surface area (Å²) >= 11 is 5.83. The van der Waals surface area contributed by atoms with Gasteiger partial charge in [0.05, 0.1) is 5.92 Å². The summed E-state index contributed by atoms with van der Waals surface area (Å²) in [7, 11) is 0. The van der Waals surface area contributed by atoms with E-state index >= 15 is 0 Å². The third kappa shape index (κ3) is 2.73. The molecule has 0 spiro atoms. The minimum atomic E-state index is -0.233. The van der Waals surface area contributed by atoms with E-state index in [4.69, 9.17) is 11.6 Å². The standard InChI is InChI=1S/C14H15ClN2O2/c15-10-1-5-12(6-2-10)17-8-9(7-13(17)18)14(19)16-11-3-4-11/h1-2,5-6,9,11H,3-4,7-8H2,(H,16,19)/t9-/m1/s1. The first kappa shape index (κ1) is 12.5. The Labute approximate surface area is 116 Å². The summed E-state index contributed by atoms with van der Waals surface area (Å²) < 4.78 is 0. The van der Waals surface area contributed by atoms with Gasteiger partial charge in [-0.1, -0.05) is 11.6 Å². The maximum Gasteiger partial charge on any atom is 0.227 e. The molecule has 2 fully saturated rings. The van der Waals surface area contributed by atoms with Crippen LogP contribution in [0.5, 0.6) is 0 Å². The number of hydrogen-bond acceptors (Lipinski definition) is 2. The Balaban J connectivity index is 1.68. The molecule has 1 aromatic carbocycles. The maximum atomic E-state index is 12.0. The van der Waals surface area contributed by atoms with Gasteiger partial charge in [0.25, 0.3) is 0 Å². The molecule has 0 unspecified atom stereocenters. The first-order chi connectivity index (χ1) is 9.13. The monoisotopic (exact) mass is 278 g/mol. The molecule has 4 nitrogen and oxygen atoms in total. The average molecular weight is 279 g/mol. The second kappa shape index (κ2) is 4.85. The van der Waals surface area contributed by atoms with Gasteiger partial charge in [-0.15, -0.1) is 0 Å². The number of halogens is 1. The lowest BCUT2D eigenvalue weighted by atomic mass is 10.1. The molecule has 1 aliphatic carbocycles. The minimum Gasteiger partial charge on any atom is -0.353 e. The van der Waals surface area contributed by atoms with Crippen LogP contribution in [-0.4, -0.2) is 24.4 Å². The van der Waals surface area contributed by atoms with E-state index in [0.29, 0.717) is 24.0 Å². The zero-order valence-electron chi connectivity index (χ0n) is 10.4. The van der Waals surface area contributed by atoms with Crippen LogP contribution < -0.4 is 10.2 Å². The topological polar surface area (TPSA) is 49.4 Å². The molecule has 19 heavy (non-hydrogen) atoms. The van der Waals surface area contributed by atoms with E-state index in [-0.39, 0.29) is 17.7 Å². The summed E-state index contributed by atoms with van der Waals surface area (Å²) in [6.45, 7) is 0.457. The molecule has 1 atom stereocenters. The zero-order chi connectivity index (χ0) is 13.4. The Morgan fingerprint density at radius 2 is 1.95 bits per heavy atom. The van der Waals surface area contributed by atoms with Crippen LogP contribution in [-0.2, 0) is 9.59 Å². The predicted octanol–water partition coefficient (Wildman–Crippen LogP) is 1.97. The van der Waals surface area contributed by atoms with Crippen LogP contribution in [0.15, 0.2) is 24.3 Å². The van der Waals surface area contributed by atoms with Gasteiger partial charge >= 0.3 is 0 Å². The highest BCUT2D eigenvalue weighted by atomic mass is 35.5. The number of rotatable bonds is 3. The maximum absolute atomic E-state index is 12.0. The molecule has 1 heterocycles. The van der Waals surface area contributed by atoms with Crippen LogP contribution >= 0.6 is 11.6 Å². The van der Waals surface area contributed by atoms with Crippen LogP contribution in [0.4, 0.5) is 5.69 Å². The molecule has 1 aliphatic heterocycles. The highest BCUT2D eigenvalue weighted by Gasteiger charge is 2.36. The van der Waals surface area contributed by atoms with Gasteiger partial charge in [-0.2, -0.15) is 0 Å². The van der Waals surface area contributed by atoms with Crippen molar-refractivity contribution in [2.45, 2.75) is 25.3 Å². The summed E-state index contributed by atoms with van der Waals surface area (Å²) in [4.78, 5) is 25.6. The van der Waals surface area contributed by atoms with Gasteiger partial charge in [-0.3, -0.25) is 9.59 Å². The number of amides is 2. The van der Waals surface area contributed by atoms with Gasteiger partial charge in [0.15, 0.2) is 0 Å². The second-order valence-electron chi connectivity index (χ2n) is 5.16. The zero-order valence-corrected chi connectivity index (χ0v) is 11.2. The molecule has 2 amide bonds. The lowest BCUT2D eigenvalue weighted by Crippen LogP contribution is -2.34. The molecule has 3 rings (SSSR count). The second-order valence-corrected chi connectivity index (χ2v) is 5.60. The van der Waals surface area contributed by atoms with E-state index in [2.05, 4.69) is 5.32 Å².